The molecule has 2 aliphatic carbocycles. The zero-order valence-corrected chi connectivity index (χ0v) is 12.2. The molecule has 106 valence electrons. The molecule has 0 radical (unpaired) electrons. The molecular formula is C14H27ClN2O. The lowest BCUT2D eigenvalue weighted by atomic mass is 9.88. The van der Waals surface area contributed by atoms with Gasteiger partial charge in [0, 0.05) is 12.5 Å². The third-order valence-corrected chi connectivity index (χ3v) is 4.80. The molecule has 0 bridgehead atoms. The summed E-state index contributed by atoms with van der Waals surface area (Å²) in [4.78, 5) is 12.1. The highest BCUT2D eigenvalue weighted by Crippen LogP contribution is 2.37. The van der Waals surface area contributed by atoms with Gasteiger partial charge in [0.2, 0.25) is 5.91 Å². The minimum Gasteiger partial charge on any atom is -0.355 e. The average molecular weight is 275 g/mol. The van der Waals surface area contributed by atoms with Crippen molar-refractivity contribution >= 4 is 18.3 Å². The average Bonchev–Trinajstić information content (AvgIpc) is 2.95. The molecule has 2 atom stereocenters. The molecule has 0 spiro atoms. The summed E-state index contributed by atoms with van der Waals surface area (Å²) in [6.07, 6.45) is 8.49. The molecule has 18 heavy (non-hydrogen) atoms. The SMILES string of the molecule is CC1(CNC(=O)[C@@H]2CCC[C@@H]2CN)CCCC1.Cl. The van der Waals surface area contributed by atoms with Crippen molar-refractivity contribution in [3.63, 3.8) is 0 Å². The summed E-state index contributed by atoms with van der Waals surface area (Å²) in [6.45, 7) is 3.82. The van der Waals surface area contributed by atoms with Crippen LogP contribution < -0.4 is 11.1 Å². The Labute approximate surface area is 117 Å². The first-order valence-corrected chi connectivity index (χ1v) is 7.12. The summed E-state index contributed by atoms with van der Waals surface area (Å²) >= 11 is 0. The number of rotatable bonds is 4. The first kappa shape index (κ1) is 15.8. The molecule has 2 fully saturated rings. The number of hydrogen-bond donors (Lipinski definition) is 2. The predicted octanol–water partition coefficient (Wildman–Crippen LogP) is 2.48. The van der Waals surface area contributed by atoms with Crippen molar-refractivity contribution in [2.24, 2.45) is 23.0 Å². The minimum absolute atomic E-state index is 0. The first-order valence-electron chi connectivity index (χ1n) is 7.12. The molecule has 4 heteroatoms. The quantitative estimate of drug-likeness (QED) is 0.828. The second kappa shape index (κ2) is 6.76. The van der Waals surface area contributed by atoms with Crippen LogP contribution in [-0.4, -0.2) is 19.0 Å². The van der Waals surface area contributed by atoms with Crippen molar-refractivity contribution in [1.29, 1.82) is 0 Å². The highest BCUT2D eigenvalue weighted by Gasteiger charge is 2.34. The van der Waals surface area contributed by atoms with Crippen LogP contribution in [0.4, 0.5) is 0 Å². The number of nitrogens with two attached hydrogens (primary N) is 1. The monoisotopic (exact) mass is 274 g/mol. The zero-order chi connectivity index (χ0) is 12.3. The number of carbonyl (C=O) groups is 1. The topological polar surface area (TPSA) is 55.1 Å². The molecule has 0 aromatic rings. The Hall–Kier alpha value is -0.280. The maximum atomic E-state index is 12.1. The lowest BCUT2D eigenvalue weighted by molar-refractivity contribution is -0.126. The van der Waals surface area contributed by atoms with Gasteiger partial charge in [-0.15, -0.1) is 12.4 Å². The predicted molar refractivity (Wildman–Crippen MR) is 76.7 cm³/mol. The van der Waals surface area contributed by atoms with Crippen LogP contribution in [0.2, 0.25) is 0 Å². The van der Waals surface area contributed by atoms with E-state index in [-0.39, 0.29) is 24.2 Å². The van der Waals surface area contributed by atoms with Crippen LogP contribution in [0.5, 0.6) is 0 Å². The van der Waals surface area contributed by atoms with Crippen LogP contribution in [-0.2, 0) is 4.79 Å². The largest absolute Gasteiger partial charge is 0.355 e. The number of carbonyl (C=O) groups excluding carboxylic acids is 1. The molecule has 2 saturated carbocycles. The van der Waals surface area contributed by atoms with Gasteiger partial charge in [0.15, 0.2) is 0 Å². The van der Waals surface area contributed by atoms with E-state index >= 15 is 0 Å². The Morgan fingerprint density at radius 2 is 1.94 bits per heavy atom. The number of nitrogens with one attached hydrogen (secondary N) is 1. The molecule has 3 nitrogen and oxygen atoms in total. The molecule has 2 rings (SSSR count). The molecule has 0 aromatic heterocycles. The smallest absolute Gasteiger partial charge is 0.223 e. The highest BCUT2D eigenvalue weighted by atomic mass is 35.5. The van der Waals surface area contributed by atoms with Gasteiger partial charge in [-0.1, -0.05) is 26.2 Å². The highest BCUT2D eigenvalue weighted by molar-refractivity contribution is 5.85. The summed E-state index contributed by atoms with van der Waals surface area (Å²) in [5.74, 6) is 0.863. The number of amides is 1. The Morgan fingerprint density at radius 1 is 1.28 bits per heavy atom. The number of halogens is 1. The van der Waals surface area contributed by atoms with Crippen LogP contribution in [0.1, 0.15) is 51.9 Å². The maximum Gasteiger partial charge on any atom is 0.223 e. The molecule has 0 heterocycles. The van der Waals surface area contributed by atoms with Crippen LogP contribution in [0, 0.1) is 17.3 Å². The van der Waals surface area contributed by atoms with Gasteiger partial charge in [-0.05, 0) is 43.6 Å². The molecule has 2 aliphatic rings. The maximum absolute atomic E-state index is 12.1. The molecule has 0 unspecified atom stereocenters. The second-order valence-electron chi connectivity index (χ2n) is 6.27. The Bertz CT molecular complexity index is 277. The van der Waals surface area contributed by atoms with Gasteiger partial charge >= 0.3 is 0 Å². The van der Waals surface area contributed by atoms with E-state index in [0.717, 1.165) is 25.8 Å². The van der Waals surface area contributed by atoms with Crippen molar-refractivity contribution in [3.05, 3.63) is 0 Å². The van der Waals surface area contributed by atoms with Crippen molar-refractivity contribution < 1.29 is 4.79 Å². The minimum atomic E-state index is 0. The number of hydrogen-bond acceptors (Lipinski definition) is 2. The normalized spacial score (nSPS) is 29.9. The van der Waals surface area contributed by atoms with Gasteiger partial charge in [0.1, 0.15) is 0 Å². The fourth-order valence-electron chi connectivity index (χ4n) is 3.50. The van der Waals surface area contributed by atoms with Crippen molar-refractivity contribution in [3.8, 4) is 0 Å². The summed E-state index contributed by atoms with van der Waals surface area (Å²) in [6, 6.07) is 0. The summed E-state index contributed by atoms with van der Waals surface area (Å²) in [5, 5.41) is 3.18. The van der Waals surface area contributed by atoms with Gasteiger partial charge in [0.25, 0.3) is 0 Å². The third kappa shape index (κ3) is 3.61. The Morgan fingerprint density at radius 3 is 2.56 bits per heavy atom. The van der Waals surface area contributed by atoms with Crippen LogP contribution >= 0.6 is 12.4 Å². The Balaban J connectivity index is 0.00000162. The molecule has 0 aromatic carbocycles. The molecule has 0 saturated heterocycles. The van der Waals surface area contributed by atoms with Gasteiger partial charge in [-0.25, -0.2) is 0 Å². The van der Waals surface area contributed by atoms with Gasteiger partial charge in [-0.3, -0.25) is 4.79 Å². The van der Waals surface area contributed by atoms with Crippen LogP contribution in [0.25, 0.3) is 0 Å². The molecule has 0 aliphatic heterocycles. The van der Waals surface area contributed by atoms with E-state index in [0.29, 0.717) is 17.9 Å². The van der Waals surface area contributed by atoms with Crippen molar-refractivity contribution in [2.75, 3.05) is 13.1 Å². The first-order chi connectivity index (χ1) is 8.14. The van der Waals surface area contributed by atoms with Gasteiger partial charge < -0.3 is 11.1 Å². The fraction of sp³-hybridized carbons (Fsp3) is 0.929. The van der Waals surface area contributed by atoms with Crippen LogP contribution in [0.3, 0.4) is 0 Å². The molecule has 3 N–H and O–H groups in total. The Kier molecular flexibility index (Phi) is 5.93. The molecule has 1 amide bonds. The van der Waals surface area contributed by atoms with E-state index in [1.807, 2.05) is 0 Å². The zero-order valence-electron chi connectivity index (χ0n) is 11.4. The third-order valence-electron chi connectivity index (χ3n) is 4.80. The summed E-state index contributed by atoms with van der Waals surface area (Å²) in [7, 11) is 0. The summed E-state index contributed by atoms with van der Waals surface area (Å²) in [5.41, 5.74) is 6.08. The fourth-order valence-corrected chi connectivity index (χ4v) is 3.50. The summed E-state index contributed by atoms with van der Waals surface area (Å²) < 4.78 is 0. The van der Waals surface area contributed by atoms with E-state index in [1.54, 1.807) is 0 Å². The van der Waals surface area contributed by atoms with Gasteiger partial charge in [-0.2, -0.15) is 0 Å². The standard InChI is InChI=1S/C14H26N2O.ClH/c1-14(7-2-3-8-14)10-16-13(17)12-6-4-5-11(12)9-15;/h11-12H,2-10,15H2,1H3,(H,16,17);1H/t11-,12-;/m1./s1. The lowest BCUT2D eigenvalue weighted by Crippen LogP contribution is -2.40. The van der Waals surface area contributed by atoms with Gasteiger partial charge in [0.05, 0.1) is 0 Å². The lowest BCUT2D eigenvalue weighted by Gasteiger charge is -2.25. The molecular weight excluding hydrogens is 248 g/mol. The van der Waals surface area contributed by atoms with Crippen LogP contribution in [0.15, 0.2) is 0 Å². The van der Waals surface area contributed by atoms with E-state index in [4.69, 9.17) is 5.73 Å². The van der Waals surface area contributed by atoms with E-state index < -0.39 is 0 Å². The van der Waals surface area contributed by atoms with E-state index in [2.05, 4.69) is 12.2 Å². The van der Waals surface area contributed by atoms with Crippen molar-refractivity contribution in [1.82, 2.24) is 5.32 Å². The van der Waals surface area contributed by atoms with E-state index in [9.17, 15) is 4.79 Å². The van der Waals surface area contributed by atoms with Crippen molar-refractivity contribution in [2.45, 2.75) is 51.9 Å². The second-order valence-corrected chi connectivity index (χ2v) is 6.27. The van der Waals surface area contributed by atoms with E-state index in [1.165, 1.54) is 25.7 Å².